The Balaban J connectivity index is 2.02. The Bertz CT molecular complexity index is 711. The van der Waals surface area contributed by atoms with Crippen LogP contribution in [0.3, 0.4) is 0 Å². The van der Waals surface area contributed by atoms with Gasteiger partial charge in [-0.3, -0.25) is 4.79 Å². The third-order valence-electron chi connectivity index (χ3n) is 2.36. The number of hydrogen-bond acceptors (Lipinski definition) is 9. The van der Waals surface area contributed by atoms with Crippen LogP contribution < -0.4 is 21.0 Å². The molecule has 2 rings (SSSR count). The Kier molecular flexibility index (Phi) is 4.65. The highest BCUT2D eigenvalue weighted by Crippen LogP contribution is 2.15. The van der Waals surface area contributed by atoms with Crippen molar-refractivity contribution in [1.29, 1.82) is 0 Å². The number of carboxylic acids is 1. The van der Waals surface area contributed by atoms with Gasteiger partial charge in [-0.1, -0.05) is 12.1 Å². The SMILES string of the molecule is Nc1nonc1C(=O)N/N=C\c1ccccc1OCC(=O)[O-]. The molecule has 0 fully saturated rings. The quantitative estimate of drug-likeness (QED) is 0.484. The summed E-state index contributed by atoms with van der Waals surface area (Å²) in [6.45, 7) is -0.599. The van der Waals surface area contributed by atoms with Crippen molar-refractivity contribution in [2.45, 2.75) is 0 Å². The van der Waals surface area contributed by atoms with E-state index < -0.39 is 18.5 Å². The summed E-state index contributed by atoms with van der Waals surface area (Å²) < 4.78 is 9.31. The van der Waals surface area contributed by atoms with E-state index in [-0.39, 0.29) is 17.3 Å². The summed E-state index contributed by atoms with van der Waals surface area (Å²) in [5.74, 6) is -1.95. The van der Waals surface area contributed by atoms with Crippen molar-refractivity contribution < 1.29 is 24.1 Å². The van der Waals surface area contributed by atoms with Crippen molar-refractivity contribution in [3.8, 4) is 5.75 Å². The van der Waals surface area contributed by atoms with Gasteiger partial charge in [0.05, 0.1) is 12.2 Å². The molecule has 2 aromatic rings. The molecule has 0 aliphatic heterocycles. The number of aliphatic carboxylic acids is 1. The monoisotopic (exact) mass is 304 g/mol. The number of hydrogen-bond donors (Lipinski definition) is 2. The van der Waals surface area contributed by atoms with E-state index >= 15 is 0 Å². The van der Waals surface area contributed by atoms with Gasteiger partial charge in [0.15, 0.2) is 0 Å². The molecule has 1 heterocycles. The first kappa shape index (κ1) is 15.0. The predicted octanol–water partition coefficient (Wildman–Crippen LogP) is -1.46. The van der Waals surface area contributed by atoms with E-state index in [2.05, 4.69) is 25.5 Å². The number of rotatable bonds is 6. The average Bonchev–Trinajstić information content (AvgIpc) is 2.92. The van der Waals surface area contributed by atoms with Gasteiger partial charge in [-0.15, -0.1) is 0 Å². The van der Waals surface area contributed by atoms with Gasteiger partial charge in [-0.05, 0) is 22.4 Å². The van der Waals surface area contributed by atoms with Crippen LogP contribution in [0.2, 0.25) is 0 Å². The number of nitrogen functional groups attached to an aromatic ring is 1. The molecule has 0 atom stereocenters. The van der Waals surface area contributed by atoms with E-state index in [1.54, 1.807) is 24.3 Å². The fourth-order valence-corrected chi connectivity index (χ4v) is 1.42. The van der Waals surface area contributed by atoms with Crippen LogP contribution >= 0.6 is 0 Å². The summed E-state index contributed by atoms with van der Waals surface area (Å²) >= 11 is 0. The number of amides is 1. The molecule has 114 valence electrons. The lowest BCUT2D eigenvalue weighted by Crippen LogP contribution is -2.29. The molecule has 0 spiro atoms. The fraction of sp³-hybridized carbons (Fsp3) is 0.0833. The molecule has 1 amide bonds. The molecule has 0 bridgehead atoms. The number of para-hydroxylation sites is 1. The number of nitrogens with one attached hydrogen (secondary N) is 1. The predicted molar refractivity (Wildman–Crippen MR) is 70.7 cm³/mol. The minimum absolute atomic E-state index is 0.162. The van der Waals surface area contributed by atoms with Crippen LogP contribution in [0.1, 0.15) is 16.1 Å². The molecule has 0 aliphatic carbocycles. The second-order valence-corrected chi connectivity index (χ2v) is 3.90. The van der Waals surface area contributed by atoms with E-state index in [9.17, 15) is 14.7 Å². The lowest BCUT2D eigenvalue weighted by atomic mass is 10.2. The first-order valence-corrected chi connectivity index (χ1v) is 5.91. The summed E-state index contributed by atoms with van der Waals surface area (Å²) in [6, 6.07) is 6.51. The first-order chi connectivity index (χ1) is 10.6. The summed E-state index contributed by atoms with van der Waals surface area (Å²) in [4.78, 5) is 22.0. The van der Waals surface area contributed by atoms with Crippen LogP contribution in [0, 0.1) is 0 Å². The van der Waals surface area contributed by atoms with Gasteiger partial charge in [0.1, 0.15) is 12.4 Å². The number of ether oxygens (including phenoxy) is 1. The van der Waals surface area contributed by atoms with Crippen LogP contribution in [0.5, 0.6) is 5.75 Å². The minimum Gasteiger partial charge on any atom is -0.546 e. The molecule has 0 radical (unpaired) electrons. The van der Waals surface area contributed by atoms with Gasteiger partial charge in [-0.25, -0.2) is 10.1 Å². The van der Waals surface area contributed by atoms with Gasteiger partial charge < -0.3 is 20.4 Å². The highest BCUT2D eigenvalue weighted by atomic mass is 16.6. The molecular weight excluding hydrogens is 294 g/mol. The molecule has 0 saturated carbocycles. The van der Waals surface area contributed by atoms with Gasteiger partial charge >= 0.3 is 0 Å². The third kappa shape index (κ3) is 3.79. The summed E-state index contributed by atoms with van der Waals surface area (Å²) in [6.07, 6.45) is 1.27. The summed E-state index contributed by atoms with van der Waals surface area (Å²) in [7, 11) is 0. The molecule has 1 aromatic heterocycles. The zero-order valence-electron chi connectivity index (χ0n) is 11.1. The van der Waals surface area contributed by atoms with E-state index in [4.69, 9.17) is 10.5 Å². The maximum absolute atomic E-state index is 11.6. The van der Waals surface area contributed by atoms with Gasteiger partial charge in [0.2, 0.25) is 11.5 Å². The van der Waals surface area contributed by atoms with Crippen LogP contribution in [0.15, 0.2) is 34.0 Å². The van der Waals surface area contributed by atoms with Gasteiger partial charge in [0.25, 0.3) is 5.91 Å². The van der Waals surface area contributed by atoms with Crippen molar-refractivity contribution >= 4 is 23.9 Å². The zero-order valence-corrected chi connectivity index (χ0v) is 11.1. The number of benzene rings is 1. The van der Waals surface area contributed by atoms with Crippen molar-refractivity contribution in [3.63, 3.8) is 0 Å². The molecule has 0 aliphatic rings. The van der Waals surface area contributed by atoms with Gasteiger partial charge in [0, 0.05) is 5.56 Å². The normalized spacial score (nSPS) is 10.5. The Hall–Kier alpha value is -3.43. The number of nitrogens with two attached hydrogens (primary N) is 1. The fourth-order valence-electron chi connectivity index (χ4n) is 1.42. The highest BCUT2D eigenvalue weighted by molar-refractivity contribution is 5.96. The van der Waals surface area contributed by atoms with E-state index in [0.29, 0.717) is 5.56 Å². The second-order valence-electron chi connectivity index (χ2n) is 3.90. The maximum atomic E-state index is 11.6. The average molecular weight is 304 g/mol. The topological polar surface area (TPSA) is 156 Å². The Morgan fingerprint density at radius 3 is 2.86 bits per heavy atom. The third-order valence-corrected chi connectivity index (χ3v) is 2.36. The van der Waals surface area contributed by atoms with Crippen molar-refractivity contribution in [1.82, 2.24) is 15.7 Å². The second kappa shape index (κ2) is 6.83. The number of carbonyl (C=O) groups is 2. The zero-order chi connectivity index (χ0) is 15.9. The Morgan fingerprint density at radius 1 is 1.41 bits per heavy atom. The van der Waals surface area contributed by atoms with Crippen LogP contribution in [0.25, 0.3) is 0 Å². The highest BCUT2D eigenvalue weighted by Gasteiger charge is 2.14. The molecule has 22 heavy (non-hydrogen) atoms. The number of carbonyl (C=O) groups excluding carboxylic acids is 2. The molecule has 3 N–H and O–H groups in total. The van der Waals surface area contributed by atoms with Crippen molar-refractivity contribution in [3.05, 3.63) is 35.5 Å². The van der Waals surface area contributed by atoms with Crippen molar-refractivity contribution in [2.75, 3.05) is 12.3 Å². The van der Waals surface area contributed by atoms with Crippen LogP contribution in [-0.2, 0) is 4.79 Å². The van der Waals surface area contributed by atoms with Gasteiger partial charge in [-0.2, -0.15) is 5.10 Å². The smallest absolute Gasteiger partial charge is 0.297 e. The Labute approximate surface area is 123 Å². The van der Waals surface area contributed by atoms with Crippen LogP contribution in [0.4, 0.5) is 5.82 Å². The van der Waals surface area contributed by atoms with E-state index in [1.165, 1.54) is 6.21 Å². The molecule has 10 nitrogen and oxygen atoms in total. The van der Waals surface area contributed by atoms with E-state index in [1.807, 2.05) is 0 Å². The maximum Gasteiger partial charge on any atom is 0.297 e. The largest absolute Gasteiger partial charge is 0.546 e. The molecular formula is C12H10N5O5-. The molecule has 0 saturated heterocycles. The number of nitrogens with zero attached hydrogens (tertiary/aromatic N) is 3. The summed E-state index contributed by atoms with van der Waals surface area (Å²) in [5, 5.41) is 20.7. The van der Waals surface area contributed by atoms with Crippen molar-refractivity contribution in [2.24, 2.45) is 5.10 Å². The molecule has 0 unspecified atom stereocenters. The lowest BCUT2D eigenvalue weighted by molar-refractivity contribution is -0.307. The lowest BCUT2D eigenvalue weighted by Gasteiger charge is -2.08. The first-order valence-electron chi connectivity index (χ1n) is 5.91. The van der Waals surface area contributed by atoms with E-state index in [0.717, 1.165) is 0 Å². The summed E-state index contributed by atoms with van der Waals surface area (Å²) in [5.41, 5.74) is 7.78. The molecule has 10 heteroatoms. The Morgan fingerprint density at radius 2 is 2.18 bits per heavy atom. The molecule has 1 aromatic carbocycles. The minimum atomic E-state index is -1.35. The number of carboxylic acid groups (broad SMARTS) is 1. The number of aromatic nitrogens is 2. The standard InChI is InChI=1S/C12H11N5O5/c13-11-10(16-22-17-11)12(20)15-14-5-7-3-1-2-4-8(7)21-6-9(18)19/h1-5H,6H2,(H2,13,17)(H,15,20)(H,18,19)/p-1/b14-5-. The van der Waals surface area contributed by atoms with Crippen LogP contribution in [-0.4, -0.2) is 35.0 Å². The number of hydrazone groups is 1. The number of anilines is 1.